The molecule has 1 atom stereocenters. The molecule has 2 aromatic rings. The molecule has 0 saturated carbocycles. The second-order valence-corrected chi connectivity index (χ2v) is 5.60. The third kappa shape index (κ3) is 3.97. The van der Waals surface area contributed by atoms with E-state index in [0.29, 0.717) is 10.0 Å². The number of nitrogens with two attached hydrogens (primary N) is 1. The fraction of sp³-hybridized carbons (Fsp3) is 0.250. The Balaban J connectivity index is 2.22. The van der Waals surface area contributed by atoms with Gasteiger partial charge in [-0.1, -0.05) is 54.4 Å². The van der Waals surface area contributed by atoms with Crippen molar-refractivity contribution >= 4 is 23.2 Å². The molecule has 0 amide bonds. The van der Waals surface area contributed by atoms with Crippen LogP contribution in [0.4, 0.5) is 0 Å². The van der Waals surface area contributed by atoms with Crippen LogP contribution >= 0.6 is 23.2 Å². The first kappa shape index (κ1) is 14.4. The summed E-state index contributed by atoms with van der Waals surface area (Å²) in [4.78, 5) is 0. The standard InChI is InChI=1S/C16H17Cl2N/c1-2-16(19)7-11-3-5-12(6-4-11)13-8-14(17)10-15(18)9-13/h3-6,8-10,16H,2,7,19H2,1H3. The zero-order valence-electron chi connectivity index (χ0n) is 10.9. The summed E-state index contributed by atoms with van der Waals surface area (Å²) in [5, 5.41) is 1.30. The molecular formula is C16H17Cl2N. The minimum absolute atomic E-state index is 0.228. The lowest BCUT2D eigenvalue weighted by Gasteiger charge is -2.09. The van der Waals surface area contributed by atoms with Crippen molar-refractivity contribution in [3.8, 4) is 11.1 Å². The zero-order chi connectivity index (χ0) is 13.8. The fourth-order valence-corrected chi connectivity index (χ4v) is 2.53. The van der Waals surface area contributed by atoms with Crippen LogP contribution in [-0.4, -0.2) is 6.04 Å². The molecule has 0 aliphatic carbocycles. The number of halogens is 2. The Kier molecular flexibility index (Phi) is 4.87. The molecule has 0 spiro atoms. The molecule has 0 aromatic heterocycles. The fourth-order valence-electron chi connectivity index (χ4n) is 2.00. The van der Waals surface area contributed by atoms with E-state index >= 15 is 0 Å². The molecule has 0 radical (unpaired) electrons. The number of benzene rings is 2. The van der Waals surface area contributed by atoms with Crippen LogP contribution in [0, 0.1) is 0 Å². The summed E-state index contributed by atoms with van der Waals surface area (Å²) in [7, 11) is 0. The van der Waals surface area contributed by atoms with Crippen LogP contribution in [0.2, 0.25) is 10.0 Å². The first-order valence-electron chi connectivity index (χ1n) is 6.39. The Hall–Kier alpha value is -1.02. The van der Waals surface area contributed by atoms with Crippen molar-refractivity contribution in [3.63, 3.8) is 0 Å². The van der Waals surface area contributed by atoms with Gasteiger partial charge < -0.3 is 5.73 Å². The summed E-state index contributed by atoms with van der Waals surface area (Å²) >= 11 is 12.0. The molecule has 19 heavy (non-hydrogen) atoms. The molecule has 0 saturated heterocycles. The van der Waals surface area contributed by atoms with Crippen molar-refractivity contribution in [1.82, 2.24) is 0 Å². The van der Waals surface area contributed by atoms with Crippen molar-refractivity contribution in [2.75, 3.05) is 0 Å². The molecule has 100 valence electrons. The highest BCUT2D eigenvalue weighted by atomic mass is 35.5. The second-order valence-electron chi connectivity index (χ2n) is 4.73. The molecule has 2 N–H and O–H groups in total. The molecule has 3 heteroatoms. The predicted octanol–water partition coefficient (Wildman–Crippen LogP) is 4.94. The van der Waals surface area contributed by atoms with E-state index in [4.69, 9.17) is 28.9 Å². The summed E-state index contributed by atoms with van der Waals surface area (Å²) in [5.74, 6) is 0. The van der Waals surface area contributed by atoms with Gasteiger partial charge in [0.1, 0.15) is 0 Å². The van der Waals surface area contributed by atoms with Crippen LogP contribution < -0.4 is 5.73 Å². The summed E-state index contributed by atoms with van der Waals surface area (Å²) in [6.45, 7) is 2.10. The van der Waals surface area contributed by atoms with Crippen molar-refractivity contribution < 1.29 is 0 Å². The monoisotopic (exact) mass is 293 g/mol. The molecular weight excluding hydrogens is 277 g/mol. The van der Waals surface area contributed by atoms with E-state index in [0.717, 1.165) is 24.0 Å². The van der Waals surface area contributed by atoms with Crippen molar-refractivity contribution in [2.24, 2.45) is 5.73 Å². The van der Waals surface area contributed by atoms with E-state index in [1.54, 1.807) is 6.07 Å². The minimum atomic E-state index is 0.228. The molecule has 2 rings (SSSR count). The zero-order valence-corrected chi connectivity index (χ0v) is 12.4. The van der Waals surface area contributed by atoms with Gasteiger partial charge in [-0.25, -0.2) is 0 Å². The molecule has 2 aromatic carbocycles. The van der Waals surface area contributed by atoms with Crippen LogP contribution in [0.25, 0.3) is 11.1 Å². The summed E-state index contributed by atoms with van der Waals surface area (Å²) in [5.41, 5.74) is 9.36. The maximum Gasteiger partial charge on any atom is 0.0426 e. The molecule has 0 heterocycles. The smallest absolute Gasteiger partial charge is 0.0426 e. The maximum absolute atomic E-state index is 6.02. The highest BCUT2D eigenvalue weighted by molar-refractivity contribution is 6.35. The quantitative estimate of drug-likeness (QED) is 0.849. The van der Waals surface area contributed by atoms with E-state index in [-0.39, 0.29) is 6.04 Å². The third-order valence-electron chi connectivity index (χ3n) is 3.17. The van der Waals surface area contributed by atoms with Gasteiger partial charge in [-0.3, -0.25) is 0 Å². The second kappa shape index (κ2) is 6.42. The summed E-state index contributed by atoms with van der Waals surface area (Å²) < 4.78 is 0. The molecule has 0 fully saturated rings. The number of rotatable bonds is 4. The Labute approximate surface area is 124 Å². The van der Waals surface area contributed by atoms with Crippen molar-refractivity contribution in [3.05, 3.63) is 58.1 Å². The van der Waals surface area contributed by atoms with Crippen LogP contribution in [-0.2, 0) is 6.42 Å². The van der Waals surface area contributed by atoms with Gasteiger partial charge in [-0.05, 0) is 47.7 Å². The topological polar surface area (TPSA) is 26.0 Å². The Morgan fingerprint density at radius 1 is 0.947 bits per heavy atom. The normalized spacial score (nSPS) is 12.4. The van der Waals surface area contributed by atoms with E-state index in [2.05, 4.69) is 31.2 Å². The van der Waals surface area contributed by atoms with E-state index in [1.807, 2.05) is 12.1 Å². The van der Waals surface area contributed by atoms with Crippen molar-refractivity contribution in [2.45, 2.75) is 25.8 Å². The summed E-state index contributed by atoms with van der Waals surface area (Å²) in [6, 6.07) is 14.2. The van der Waals surface area contributed by atoms with Crippen LogP contribution in [0.15, 0.2) is 42.5 Å². The molecule has 0 aliphatic rings. The van der Waals surface area contributed by atoms with Gasteiger partial charge >= 0.3 is 0 Å². The third-order valence-corrected chi connectivity index (χ3v) is 3.61. The molecule has 1 unspecified atom stereocenters. The Morgan fingerprint density at radius 3 is 2.05 bits per heavy atom. The van der Waals surface area contributed by atoms with Gasteiger partial charge in [0, 0.05) is 16.1 Å². The predicted molar refractivity (Wildman–Crippen MR) is 83.9 cm³/mol. The van der Waals surface area contributed by atoms with Crippen LogP contribution in [0.3, 0.4) is 0 Å². The van der Waals surface area contributed by atoms with Gasteiger partial charge in [0.05, 0.1) is 0 Å². The van der Waals surface area contributed by atoms with Crippen LogP contribution in [0.5, 0.6) is 0 Å². The first-order valence-corrected chi connectivity index (χ1v) is 7.15. The van der Waals surface area contributed by atoms with Gasteiger partial charge in [-0.15, -0.1) is 0 Å². The van der Waals surface area contributed by atoms with E-state index in [9.17, 15) is 0 Å². The maximum atomic E-state index is 6.02. The Morgan fingerprint density at radius 2 is 1.53 bits per heavy atom. The number of hydrogen-bond donors (Lipinski definition) is 1. The molecule has 1 nitrogen and oxygen atoms in total. The average Bonchev–Trinajstić information content (AvgIpc) is 2.38. The summed E-state index contributed by atoms with van der Waals surface area (Å²) in [6.07, 6.45) is 1.90. The van der Waals surface area contributed by atoms with Gasteiger partial charge in [-0.2, -0.15) is 0 Å². The molecule has 0 aliphatic heterocycles. The minimum Gasteiger partial charge on any atom is -0.327 e. The van der Waals surface area contributed by atoms with Gasteiger partial charge in [0.15, 0.2) is 0 Å². The highest BCUT2D eigenvalue weighted by Crippen LogP contribution is 2.27. The average molecular weight is 294 g/mol. The van der Waals surface area contributed by atoms with Crippen molar-refractivity contribution in [1.29, 1.82) is 0 Å². The van der Waals surface area contributed by atoms with E-state index < -0.39 is 0 Å². The lowest BCUT2D eigenvalue weighted by Crippen LogP contribution is -2.21. The van der Waals surface area contributed by atoms with Gasteiger partial charge in [0.2, 0.25) is 0 Å². The lowest BCUT2D eigenvalue weighted by atomic mass is 10.0. The first-order chi connectivity index (χ1) is 9.08. The lowest BCUT2D eigenvalue weighted by molar-refractivity contribution is 0.646. The largest absolute Gasteiger partial charge is 0.327 e. The Bertz CT molecular complexity index is 529. The highest BCUT2D eigenvalue weighted by Gasteiger charge is 2.04. The van der Waals surface area contributed by atoms with Crippen LogP contribution in [0.1, 0.15) is 18.9 Å². The van der Waals surface area contributed by atoms with E-state index in [1.165, 1.54) is 5.56 Å². The molecule has 0 bridgehead atoms. The number of hydrogen-bond acceptors (Lipinski definition) is 1. The van der Waals surface area contributed by atoms with Gasteiger partial charge in [0.25, 0.3) is 0 Å². The SMILES string of the molecule is CCC(N)Cc1ccc(-c2cc(Cl)cc(Cl)c2)cc1.